The molecule has 0 radical (unpaired) electrons. The standard InChI is InChI=1S/C18H18N2O5S/c21-14(15-8-5-11-26-15)12-25-17(23)10-4-9-16(22)19-20-18(24)13-6-2-1-3-7-13/h1-3,5-8,11H,4,9-10,12H2,(H,19,22)(H,20,24). The number of amides is 2. The Bertz CT molecular complexity index is 759. The smallest absolute Gasteiger partial charge is 0.306 e. The summed E-state index contributed by atoms with van der Waals surface area (Å²) in [6, 6.07) is 11.9. The lowest BCUT2D eigenvalue weighted by molar-refractivity contribution is -0.142. The topological polar surface area (TPSA) is 102 Å². The van der Waals surface area contributed by atoms with Crippen LogP contribution < -0.4 is 10.9 Å². The van der Waals surface area contributed by atoms with E-state index in [1.807, 2.05) is 0 Å². The Balaban J connectivity index is 1.58. The molecule has 0 aliphatic rings. The molecule has 0 spiro atoms. The highest BCUT2D eigenvalue weighted by Crippen LogP contribution is 2.09. The molecule has 136 valence electrons. The first-order chi connectivity index (χ1) is 12.6. The molecule has 26 heavy (non-hydrogen) atoms. The molecular formula is C18H18N2O5S. The first-order valence-electron chi connectivity index (χ1n) is 7.93. The van der Waals surface area contributed by atoms with E-state index in [1.165, 1.54) is 11.3 Å². The van der Waals surface area contributed by atoms with Crippen molar-refractivity contribution in [1.82, 2.24) is 10.9 Å². The van der Waals surface area contributed by atoms with Crippen LogP contribution in [0.3, 0.4) is 0 Å². The molecule has 0 saturated heterocycles. The summed E-state index contributed by atoms with van der Waals surface area (Å²) < 4.78 is 4.88. The van der Waals surface area contributed by atoms with Crippen molar-refractivity contribution in [3.8, 4) is 0 Å². The normalized spacial score (nSPS) is 10.0. The maximum atomic E-state index is 11.7. The highest BCUT2D eigenvalue weighted by Gasteiger charge is 2.12. The Kier molecular flexibility index (Phi) is 7.50. The summed E-state index contributed by atoms with van der Waals surface area (Å²) in [6.07, 6.45) is 0.305. The van der Waals surface area contributed by atoms with E-state index in [4.69, 9.17) is 4.74 Å². The van der Waals surface area contributed by atoms with Gasteiger partial charge in [-0.3, -0.25) is 30.0 Å². The molecule has 2 amide bonds. The number of rotatable bonds is 8. The number of carbonyl (C=O) groups is 4. The number of esters is 1. The van der Waals surface area contributed by atoms with Crippen molar-refractivity contribution in [1.29, 1.82) is 0 Å². The Hall–Kier alpha value is -3.00. The average molecular weight is 374 g/mol. The van der Waals surface area contributed by atoms with Crippen molar-refractivity contribution < 1.29 is 23.9 Å². The predicted molar refractivity (Wildman–Crippen MR) is 95.5 cm³/mol. The van der Waals surface area contributed by atoms with Gasteiger partial charge in [-0.25, -0.2) is 0 Å². The fraction of sp³-hybridized carbons (Fsp3) is 0.222. The van der Waals surface area contributed by atoms with E-state index >= 15 is 0 Å². The largest absolute Gasteiger partial charge is 0.457 e. The molecule has 1 aromatic heterocycles. The van der Waals surface area contributed by atoms with Gasteiger partial charge in [-0.05, 0) is 30.0 Å². The van der Waals surface area contributed by atoms with Gasteiger partial charge in [0.2, 0.25) is 11.7 Å². The van der Waals surface area contributed by atoms with Gasteiger partial charge < -0.3 is 4.74 Å². The Morgan fingerprint density at radius 3 is 2.38 bits per heavy atom. The monoisotopic (exact) mass is 374 g/mol. The van der Waals surface area contributed by atoms with E-state index in [0.29, 0.717) is 10.4 Å². The van der Waals surface area contributed by atoms with E-state index in [0.717, 1.165) is 0 Å². The second kappa shape index (κ2) is 10.1. The lowest BCUT2D eigenvalue weighted by atomic mass is 10.2. The molecule has 2 aromatic rings. The maximum Gasteiger partial charge on any atom is 0.306 e. The number of Topliss-reactive ketones (excluding diaryl/α,β-unsaturated/α-hetero) is 1. The van der Waals surface area contributed by atoms with Crippen molar-refractivity contribution in [2.45, 2.75) is 19.3 Å². The van der Waals surface area contributed by atoms with Crippen LogP contribution in [0, 0.1) is 0 Å². The number of hydrazine groups is 1. The van der Waals surface area contributed by atoms with Gasteiger partial charge in [-0.15, -0.1) is 11.3 Å². The minimum absolute atomic E-state index is 0.0117. The first kappa shape index (κ1) is 19.3. The van der Waals surface area contributed by atoms with E-state index < -0.39 is 17.8 Å². The van der Waals surface area contributed by atoms with Gasteiger partial charge in [0.25, 0.3) is 5.91 Å². The van der Waals surface area contributed by atoms with E-state index in [9.17, 15) is 19.2 Å². The fourth-order valence-corrected chi connectivity index (χ4v) is 2.62. The lowest BCUT2D eigenvalue weighted by Crippen LogP contribution is -2.41. The number of carbonyl (C=O) groups excluding carboxylic acids is 4. The molecule has 0 atom stereocenters. The minimum Gasteiger partial charge on any atom is -0.457 e. The summed E-state index contributed by atoms with van der Waals surface area (Å²) in [4.78, 5) is 47.2. The van der Waals surface area contributed by atoms with Gasteiger partial charge in [-0.1, -0.05) is 24.3 Å². The van der Waals surface area contributed by atoms with Crippen molar-refractivity contribution in [2.75, 3.05) is 6.61 Å². The van der Waals surface area contributed by atoms with Gasteiger partial charge >= 0.3 is 5.97 Å². The number of nitrogens with one attached hydrogen (secondary N) is 2. The zero-order chi connectivity index (χ0) is 18.8. The third kappa shape index (κ3) is 6.48. The van der Waals surface area contributed by atoms with E-state index in [1.54, 1.807) is 47.8 Å². The van der Waals surface area contributed by atoms with Gasteiger partial charge in [0, 0.05) is 18.4 Å². The molecule has 0 aliphatic heterocycles. The zero-order valence-corrected chi connectivity index (χ0v) is 14.7. The molecule has 2 N–H and O–H groups in total. The number of thiophene rings is 1. The summed E-state index contributed by atoms with van der Waals surface area (Å²) in [7, 11) is 0. The van der Waals surface area contributed by atoms with Gasteiger partial charge in [-0.2, -0.15) is 0 Å². The minimum atomic E-state index is -0.545. The second-order valence-corrected chi connectivity index (χ2v) is 6.23. The number of hydrogen-bond donors (Lipinski definition) is 2. The quantitative estimate of drug-likeness (QED) is 0.419. The number of benzene rings is 1. The lowest BCUT2D eigenvalue weighted by Gasteiger charge is -2.07. The highest BCUT2D eigenvalue weighted by molar-refractivity contribution is 7.12. The Labute approximate surface area is 154 Å². The third-order valence-corrected chi connectivity index (χ3v) is 4.21. The third-order valence-electron chi connectivity index (χ3n) is 3.30. The van der Waals surface area contributed by atoms with Crippen LogP contribution in [0.2, 0.25) is 0 Å². The Morgan fingerprint density at radius 2 is 1.69 bits per heavy atom. The van der Waals surface area contributed by atoms with Crippen molar-refractivity contribution in [3.63, 3.8) is 0 Å². The van der Waals surface area contributed by atoms with Crippen LogP contribution in [0.5, 0.6) is 0 Å². The van der Waals surface area contributed by atoms with Crippen molar-refractivity contribution >= 4 is 34.9 Å². The first-order valence-corrected chi connectivity index (χ1v) is 8.81. The second-order valence-electron chi connectivity index (χ2n) is 5.28. The summed E-state index contributed by atoms with van der Waals surface area (Å²) in [6.45, 7) is -0.307. The SMILES string of the molecule is O=C(CCCC(=O)OCC(=O)c1cccs1)NNC(=O)c1ccccc1. The number of ether oxygens (including phenoxy) is 1. The molecule has 2 rings (SSSR count). The maximum absolute atomic E-state index is 11.7. The number of hydrogen-bond acceptors (Lipinski definition) is 6. The van der Waals surface area contributed by atoms with E-state index in [2.05, 4.69) is 10.9 Å². The van der Waals surface area contributed by atoms with Crippen LogP contribution in [0.4, 0.5) is 0 Å². The molecule has 7 nitrogen and oxygen atoms in total. The summed E-state index contributed by atoms with van der Waals surface area (Å²) >= 11 is 1.28. The zero-order valence-electron chi connectivity index (χ0n) is 13.9. The molecule has 0 unspecified atom stereocenters. The summed E-state index contributed by atoms with van der Waals surface area (Å²) in [5.41, 5.74) is 5.00. The van der Waals surface area contributed by atoms with Gasteiger partial charge in [0.05, 0.1) is 4.88 Å². The Morgan fingerprint density at radius 1 is 0.923 bits per heavy atom. The van der Waals surface area contributed by atoms with Gasteiger partial charge in [0.1, 0.15) is 0 Å². The van der Waals surface area contributed by atoms with Crippen molar-refractivity contribution in [2.24, 2.45) is 0 Å². The van der Waals surface area contributed by atoms with Crippen molar-refractivity contribution in [3.05, 3.63) is 58.3 Å². The van der Waals surface area contributed by atoms with Crippen LogP contribution in [-0.4, -0.2) is 30.2 Å². The fourth-order valence-electron chi connectivity index (χ4n) is 1.97. The predicted octanol–water partition coefficient (Wildman–Crippen LogP) is 2.11. The highest BCUT2D eigenvalue weighted by atomic mass is 32.1. The van der Waals surface area contributed by atoms with Crippen LogP contribution in [0.25, 0.3) is 0 Å². The molecule has 1 heterocycles. The van der Waals surface area contributed by atoms with Crippen LogP contribution in [0.15, 0.2) is 47.8 Å². The van der Waals surface area contributed by atoms with Gasteiger partial charge in [0.15, 0.2) is 6.61 Å². The number of ketones is 1. The molecule has 0 saturated carbocycles. The summed E-state index contributed by atoms with van der Waals surface area (Å²) in [5, 5.41) is 1.77. The molecule has 8 heteroatoms. The molecule has 0 aliphatic carbocycles. The molecule has 0 fully saturated rings. The molecular weight excluding hydrogens is 356 g/mol. The van der Waals surface area contributed by atoms with Crippen LogP contribution >= 0.6 is 11.3 Å². The molecule has 1 aromatic carbocycles. The van der Waals surface area contributed by atoms with Crippen LogP contribution in [0.1, 0.15) is 39.3 Å². The summed E-state index contributed by atoms with van der Waals surface area (Å²) in [5.74, 6) is -1.65. The van der Waals surface area contributed by atoms with Crippen LogP contribution in [-0.2, 0) is 14.3 Å². The average Bonchev–Trinajstić information content (AvgIpc) is 3.19. The van der Waals surface area contributed by atoms with E-state index in [-0.39, 0.29) is 31.7 Å². The molecule has 0 bridgehead atoms.